The smallest absolute Gasteiger partial charge is 0.326 e. The maximum Gasteiger partial charge on any atom is 0.326 e. The zero-order valence-corrected chi connectivity index (χ0v) is 21.8. The molecule has 2 saturated heterocycles. The lowest BCUT2D eigenvalue weighted by Gasteiger charge is -2.28. The molecule has 0 spiro atoms. The molecule has 4 rings (SSSR count). The minimum absolute atomic E-state index is 0.0929. The number of carbonyl (C=O) groups is 4. The van der Waals surface area contributed by atoms with Crippen LogP contribution in [-0.2, 0) is 32.0 Å². The Kier molecular flexibility index (Phi) is 9.67. The first kappa shape index (κ1) is 28.3. The van der Waals surface area contributed by atoms with Crippen LogP contribution in [0.15, 0.2) is 60.7 Å². The summed E-state index contributed by atoms with van der Waals surface area (Å²) in [6.45, 7) is 0.848. The highest BCUT2D eigenvalue weighted by atomic mass is 16.4. The highest BCUT2D eigenvalue weighted by molar-refractivity contribution is 5.91. The second-order valence-corrected chi connectivity index (χ2v) is 10.2. The fourth-order valence-corrected chi connectivity index (χ4v) is 5.33. The number of carbonyl (C=O) groups excluding carboxylic acids is 3. The molecule has 2 aromatic carbocycles. The summed E-state index contributed by atoms with van der Waals surface area (Å²) in [6.07, 6.45) is 1.13. The summed E-state index contributed by atoms with van der Waals surface area (Å²) in [7, 11) is 0. The van der Waals surface area contributed by atoms with E-state index in [4.69, 9.17) is 0 Å². The number of hydrogen-bond acceptors (Lipinski definition) is 6. The van der Waals surface area contributed by atoms with E-state index in [9.17, 15) is 29.4 Å². The molecule has 10 heteroatoms. The van der Waals surface area contributed by atoms with E-state index in [1.807, 2.05) is 60.7 Å². The first-order valence-electron chi connectivity index (χ1n) is 13.4. The number of carboxylic acid groups (broad SMARTS) is 1. The number of hydrogen-bond donors (Lipinski definition) is 5. The summed E-state index contributed by atoms with van der Waals surface area (Å²) >= 11 is 0. The third kappa shape index (κ3) is 7.64. The number of rotatable bonds is 11. The Balaban J connectivity index is 1.49. The fourth-order valence-electron chi connectivity index (χ4n) is 5.33. The van der Waals surface area contributed by atoms with Gasteiger partial charge in [-0.1, -0.05) is 60.7 Å². The van der Waals surface area contributed by atoms with E-state index in [-0.39, 0.29) is 18.7 Å². The van der Waals surface area contributed by atoms with Crippen molar-refractivity contribution in [1.82, 2.24) is 20.9 Å². The largest absolute Gasteiger partial charge is 0.480 e. The van der Waals surface area contributed by atoms with Crippen LogP contribution in [0.5, 0.6) is 0 Å². The third-order valence-corrected chi connectivity index (χ3v) is 7.31. The molecule has 0 aliphatic carbocycles. The van der Waals surface area contributed by atoms with Crippen molar-refractivity contribution in [3.8, 4) is 0 Å². The van der Waals surface area contributed by atoms with Crippen LogP contribution in [0.1, 0.15) is 36.8 Å². The van der Waals surface area contributed by atoms with Gasteiger partial charge in [0.1, 0.15) is 18.1 Å². The van der Waals surface area contributed by atoms with Crippen LogP contribution in [0, 0.1) is 0 Å². The van der Waals surface area contributed by atoms with Gasteiger partial charge in [-0.05, 0) is 43.4 Å². The van der Waals surface area contributed by atoms with Gasteiger partial charge >= 0.3 is 5.97 Å². The monoisotopic (exact) mass is 536 g/mol. The van der Waals surface area contributed by atoms with Gasteiger partial charge in [-0.3, -0.25) is 14.4 Å². The first-order valence-corrected chi connectivity index (χ1v) is 13.4. The molecular weight excluding hydrogens is 500 g/mol. The van der Waals surface area contributed by atoms with E-state index in [0.717, 1.165) is 11.1 Å². The Hall–Kier alpha value is -3.76. The lowest BCUT2D eigenvalue weighted by molar-refractivity contribution is -0.149. The summed E-state index contributed by atoms with van der Waals surface area (Å²) < 4.78 is 0. The van der Waals surface area contributed by atoms with Crippen LogP contribution < -0.4 is 16.0 Å². The van der Waals surface area contributed by atoms with Gasteiger partial charge in [-0.25, -0.2) is 4.79 Å². The molecule has 0 aromatic heterocycles. The highest BCUT2D eigenvalue weighted by Gasteiger charge is 2.38. The molecule has 0 radical (unpaired) electrons. The SMILES string of the molecule is O=C(CC(Cc1ccccc1)NC(=O)[C@H]1NCC[C@@H]1O)N[C@@H](Cc1ccccc1)C(=O)N1CCC[C@H]1C(=O)O. The van der Waals surface area contributed by atoms with Gasteiger partial charge in [-0.2, -0.15) is 0 Å². The number of aliphatic hydroxyl groups excluding tert-OH is 1. The Bertz CT molecular complexity index is 1140. The van der Waals surface area contributed by atoms with E-state index in [1.54, 1.807) is 0 Å². The summed E-state index contributed by atoms with van der Waals surface area (Å²) in [5.74, 6) is -2.30. The number of aliphatic hydroxyl groups is 1. The zero-order valence-electron chi connectivity index (χ0n) is 21.8. The van der Waals surface area contributed by atoms with E-state index >= 15 is 0 Å². The number of amides is 3. The van der Waals surface area contributed by atoms with Crippen molar-refractivity contribution in [3.63, 3.8) is 0 Å². The number of nitrogens with one attached hydrogen (secondary N) is 3. The molecule has 3 amide bonds. The quantitative estimate of drug-likeness (QED) is 0.283. The summed E-state index contributed by atoms with van der Waals surface area (Å²) in [6, 6.07) is 15.5. The van der Waals surface area contributed by atoms with E-state index in [0.29, 0.717) is 38.8 Å². The maximum absolute atomic E-state index is 13.5. The van der Waals surface area contributed by atoms with Crippen LogP contribution in [0.25, 0.3) is 0 Å². The van der Waals surface area contributed by atoms with Gasteiger partial charge in [0.25, 0.3) is 0 Å². The van der Waals surface area contributed by atoms with Crippen molar-refractivity contribution < 1.29 is 29.4 Å². The van der Waals surface area contributed by atoms with Crippen LogP contribution in [0.4, 0.5) is 0 Å². The van der Waals surface area contributed by atoms with Crippen molar-refractivity contribution in [2.45, 2.75) is 68.8 Å². The van der Waals surface area contributed by atoms with Gasteiger partial charge < -0.3 is 31.1 Å². The van der Waals surface area contributed by atoms with Gasteiger partial charge in [-0.15, -0.1) is 0 Å². The standard InChI is InChI=1S/C29H36N4O6/c34-24-13-14-30-26(24)27(36)31-21(16-19-8-3-1-4-9-19)18-25(35)32-22(17-20-10-5-2-6-11-20)28(37)33-15-7-12-23(33)29(38)39/h1-6,8-11,21-24,26,30,34H,7,12-18H2,(H,31,36)(H,32,35)(H,38,39)/t21?,22-,23-,24-,26-/m0/s1. The molecule has 2 heterocycles. The summed E-state index contributed by atoms with van der Waals surface area (Å²) in [5.41, 5.74) is 1.76. The fraction of sp³-hybridized carbons (Fsp3) is 0.448. The highest BCUT2D eigenvalue weighted by Crippen LogP contribution is 2.20. The van der Waals surface area contributed by atoms with E-state index in [1.165, 1.54) is 4.90 Å². The third-order valence-electron chi connectivity index (χ3n) is 7.31. The van der Waals surface area contributed by atoms with Crippen molar-refractivity contribution >= 4 is 23.7 Å². The molecule has 39 heavy (non-hydrogen) atoms. The van der Waals surface area contributed by atoms with Crippen LogP contribution in [-0.4, -0.2) is 82.2 Å². The van der Waals surface area contributed by atoms with Crippen molar-refractivity contribution in [1.29, 1.82) is 0 Å². The summed E-state index contributed by atoms with van der Waals surface area (Å²) in [4.78, 5) is 52.8. The Morgan fingerprint density at radius 2 is 1.56 bits per heavy atom. The van der Waals surface area contributed by atoms with Crippen LogP contribution >= 0.6 is 0 Å². The molecule has 1 unspecified atom stereocenters. The predicted molar refractivity (Wildman–Crippen MR) is 144 cm³/mol. The number of benzene rings is 2. The lowest BCUT2D eigenvalue weighted by Crippen LogP contribution is -2.54. The average Bonchev–Trinajstić information content (AvgIpc) is 3.58. The van der Waals surface area contributed by atoms with E-state index in [2.05, 4.69) is 16.0 Å². The van der Waals surface area contributed by atoms with Crippen molar-refractivity contribution in [2.24, 2.45) is 0 Å². The Morgan fingerprint density at radius 1 is 0.923 bits per heavy atom. The first-order chi connectivity index (χ1) is 18.8. The van der Waals surface area contributed by atoms with Crippen LogP contribution in [0.2, 0.25) is 0 Å². The number of aliphatic carboxylic acids is 1. The molecule has 5 N–H and O–H groups in total. The Labute approximate surface area is 227 Å². The molecule has 0 saturated carbocycles. The minimum Gasteiger partial charge on any atom is -0.480 e. The Morgan fingerprint density at radius 3 is 2.15 bits per heavy atom. The topological polar surface area (TPSA) is 148 Å². The maximum atomic E-state index is 13.5. The molecule has 2 aromatic rings. The molecule has 5 atom stereocenters. The number of nitrogens with zero attached hydrogens (tertiary/aromatic N) is 1. The van der Waals surface area contributed by atoms with Crippen LogP contribution in [0.3, 0.4) is 0 Å². The average molecular weight is 537 g/mol. The summed E-state index contributed by atoms with van der Waals surface area (Å²) in [5, 5.41) is 28.5. The van der Waals surface area contributed by atoms with Gasteiger partial charge in [0.15, 0.2) is 0 Å². The number of carboxylic acids is 1. The molecular formula is C29H36N4O6. The molecule has 0 bridgehead atoms. The van der Waals surface area contributed by atoms with Gasteiger partial charge in [0.05, 0.1) is 6.10 Å². The zero-order chi connectivity index (χ0) is 27.8. The normalized spacial score (nSPS) is 22.2. The van der Waals surface area contributed by atoms with Crippen molar-refractivity contribution in [2.75, 3.05) is 13.1 Å². The molecule has 2 aliphatic heterocycles. The van der Waals surface area contributed by atoms with Gasteiger partial charge in [0.2, 0.25) is 17.7 Å². The van der Waals surface area contributed by atoms with E-state index < -0.39 is 48.1 Å². The molecule has 208 valence electrons. The second kappa shape index (κ2) is 13.3. The second-order valence-electron chi connectivity index (χ2n) is 10.2. The number of likely N-dealkylation sites (tertiary alicyclic amines) is 1. The van der Waals surface area contributed by atoms with Gasteiger partial charge in [0, 0.05) is 25.4 Å². The molecule has 10 nitrogen and oxygen atoms in total. The molecule has 2 fully saturated rings. The lowest BCUT2D eigenvalue weighted by atomic mass is 10.0. The van der Waals surface area contributed by atoms with Crippen molar-refractivity contribution in [3.05, 3.63) is 71.8 Å². The minimum atomic E-state index is -1.06. The predicted octanol–water partition coefficient (Wildman–Crippen LogP) is 0.630. The molecule has 2 aliphatic rings.